The van der Waals surface area contributed by atoms with Crippen LogP contribution in [-0.4, -0.2) is 9.97 Å². The Morgan fingerprint density at radius 3 is 2.64 bits per heavy atom. The van der Waals surface area contributed by atoms with Crippen molar-refractivity contribution in [3.8, 4) is 10.7 Å². The van der Waals surface area contributed by atoms with Gasteiger partial charge >= 0.3 is 0 Å². The molecule has 3 nitrogen and oxygen atoms in total. The average molecular weight is 205 g/mol. The van der Waals surface area contributed by atoms with Crippen molar-refractivity contribution in [2.45, 2.75) is 13.8 Å². The van der Waals surface area contributed by atoms with Crippen molar-refractivity contribution in [3.05, 3.63) is 28.8 Å². The molecule has 0 radical (unpaired) electrons. The highest BCUT2D eigenvalue weighted by Gasteiger charge is 2.07. The van der Waals surface area contributed by atoms with Crippen LogP contribution in [0.3, 0.4) is 0 Å². The highest BCUT2D eigenvalue weighted by atomic mass is 32.1. The minimum absolute atomic E-state index is 0.570. The first-order valence-corrected chi connectivity index (χ1v) is 5.21. The average Bonchev–Trinajstić information content (AvgIpc) is 2.66. The molecule has 2 N–H and O–H groups in total. The predicted molar refractivity (Wildman–Crippen MR) is 59.2 cm³/mol. The largest absolute Gasteiger partial charge is 0.383 e. The van der Waals surface area contributed by atoms with E-state index in [0.717, 1.165) is 22.0 Å². The van der Waals surface area contributed by atoms with Gasteiger partial charge in [-0.25, -0.2) is 9.97 Å². The van der Waals surface area contributed by atoms with E-state index >= 15 is 0 Å². The number of nitrogens with zero attached hydrogens (tertiary/aromatic N) is 2. The maximum atomic E-state index is 5.78. The predicted octanol–water partition coefficient (Wildman–Crippen LogP) is 2.40. The van der Waals surface area contributed by atoms with Crippen molar-refractivity contribution in [1.29, 1.82) is 0 Å². The Labute approximate surface area is 86.6 Å². The van der Waals surface area contributed by atoms with Crippen LogP contribution in [0.15, 0.2) is 17.5 Å². The number of rotatable bonds is 1. The molecule has 0 amide bonds. The normalized spacial score (nSPS) is 10.4. The summed E-state index contributed by atoms with van der Waals surface area (Å²) in [5.41, 5.74) is 7.69. The van der Waals surface area contributed by atoms with Gasteiger partial charge in [0.25, 0.3) is 0 Å². The third kappa shape index (κ3) is 1.48. The van der Waals surface area contributed by atoms with Crippen molar-refractivity contribution in [2.75, 3.05) is 5.73 Å². The van der Waals surface area contributed by atoms with Crippen LogP contribution in [0.25, 0.3) is 10.7 Å². The molecule has 2 heterocycles. The number of hydrogen-bond donors (Lipinski definition) is 1. The Hall–Kier alpha value is -1.42. The summed E-state index contributed by atoms with van der Waals surface area (Å²) in [6.45, 7) is 3.88. The van der Waals surface area contributed by atoms with Crippen molar-refractivity contribution < 1.29 is 0 Å². The Bertz CT molecular complexity index is 425. The molecule has 0 aliphatic carbocycles. The van der Waals surface area contributed by atoms with Crippen LogP contribution in [0.4, 0.5) is 5.82 Å². The lowest BCUT2D eigenvalue weighted by atomic mass is 10.2. The summed E-state index contributed by atoms with van der Waals surface area (Å²) in [5.74, 6) is 1.29. The van der Waals surface area contributed by atoms with E-state index in [2.05, 4.69) is 9.97 Å². The Balaban J connectivity index is 2.57. The molecular weight excluding hydrogens is 194 g/mol. The van der Waals surface area contributed by atoms with E-state index in [-0.39, 0.29) is 0 Å². The Kier molecular flexibility index (Phi) is 2.21. The lowest BCUT2D eigenvalue weighted by Crippen LogP contribution is -2.01. The first kappa shape index (κ1) is 9.15. The van der Waals surface area contributed by atoms with Crippen molar-refractivity contribution in [1.82, 2.24) is 9.97 Å². The van der Waals surface area contributed by atoms with Crippen LogP contribution < -0.4 is 5.73 Å². The smallest absolute Gasteiger partial charge is 0.171 e. The van der Waals surface area contributed by atoms with Gasteiger partial charge in [-0.15, -0.1) is 11.3 Å². The molecule has 0 aromatic carbocycles. The van der Waals surface area contributed by atoms with E-state index < -0.39 is 0 Å². The van der Waals surface area contributed by atoms with Crippen LogP contribution in [0, 0.1) is 13.8 Å². The van der Waals surface area contributed by atoms with Gasteiger partial charge in [-0.05, 0) is 25.3 Å². The summed E-state index contributed by atoms with van der Waals surface area (Å²) in [7, 11) is 0. The summed E-state index contributed by atoms with van der Waals surface area (Å²) in [5, 5.41) is 2.00. The molecular formula is C10H11N3S. The van der Waals surface area contributed by atoms with Gasteiger partial charge < -0.3 is 5.73 Å². The fourth-order valence-corrected chi connectivity index (χ4v) is 1.82. The van der Waals surface area contributed by atoms with Crippen molar-refractivity contribution in [2.24, 2.45) is 0 Å². The molecule has 0 aliphatic heterocycles. The molecule has 0 bridgehead atoms. The molecule has 2 aromatic rings. The number of anilines is 1. The molecule has 0 saturated heterocycles. The number of nitrogens with two attached hydrogens (primary N) is 1. The number of thiophene rings is 1. The molecule has 14 heavy (non-hydrogen) atoms. The SMILES string of the molecule is Cc1nc(-c2cccs2)nc(N)c1C. The standard InChI is InChI=1S/C10H11N3S/c1-6-7(2)12-10(13-9(6)11)8-4-3-5-14-8/h3-5H,1-2H3,(H2,11,12,13). The molecule has 0 unspecified atom stereocenters. The monoisotopic (exact) mass is 205 g/mol. The van der Waals surface area contributed by atoms with Crippen LogP contribution in [-0.2, 0) is 0 Å². The Morgan fingerprint density at radius 1 is 1.29 bits per heavy atom. The molecule has 0 aliphatic rings. The lowest BCUT2D eigenvalue weighted by Gasteiger charge is -2.04. The molecule has 72 valence electrons. The topological polar surface area (TPSA) is 51.8 Å². The van der Waals surface area contributed by atoms with Gasteiger partial charge in [0.1, 0.15) is 5.82 Å². The van der Waals surface area contributed by atoms with Gasteiger partial charge in [-0.3, -0.25) is 0 Å². The highest BCUT2D eigenvalue weighted by Crippen LogP contribution is 2.23. The maximum Gasteiger partial charge on any atom is 0.171 e. The first-order valence-electron chi connectivity index (χ1n) is 4.33. The first-order chi connectivity index (χ1) is 6.68. The van der Waals surface area contributed by atoms with Crippen LogP contribution in [0.5, 0.6) is 0 Å². The third-order valence-electron chi connectivity index (χ3n) is 2.17. The van der Waals surface area contributed by atoms with Gasteiger partial charge in [0, 0.05) is 11.3 Å². The second kappa shape index (κ2) is 3.38. The Morgan fingerprint density at radius 2 is 2.07 bits per heavy atom. The number of hydrogen-bond acceptors (Lipinski definition) is 4. The minimum atomic E-state index is 0.570. The van der Waals surface area contributed by atoms with Crippen molar-refractivity contribution in [3.63, 3.8) is 0 Å². The second-order valence-electron chi connectivity index (χ2n) is 3.12. The second-order valence-corrected chi connectivity index (χ2v) is 4.07. The van der Waals surface area contributed by atoms with E-state index in [1.165, 1.54) is 0 Å². The molecule has 4 heteroatoms. The summed E-state index contributed by atoms with van der Waals surface area (Å²) >= 11 is 1.62. The zero-order valence-corrected chi connectivity index (χ0v) is 8.93. The number of aromatic nitrogens is 2. The zero-order chi connectivity index (χ0) is 10.1. The molecule has 2 rings (SSSR count). The van der Waals surface area contributed by atoms with Gasteiger partial charge in [-0.1, -0.05) is 6.07 Å². The number of aryl methyl sites for hydroxylation is 1. The molecule has 0 fully saturated rings. The van der Waals surface area contributed by atoms with E-state index in [1.54, 1.807) is 11.3 Å². The van der Waals surface area contributed by atoms with Gasteiger partial charge in [0.15, 0.2) is 5.82 Å². The maximum absolute atomic E-state index is 5.78. The van der Waals surface area contributed by atoms with Crippen molar-refractivity contribution >= 4 is 17.2 Å². The summed E-state index contributed by atoms with van der Waals surface area (Å²) in [6.07, 6.45) is 0. The summed E-state index contributed by atoms with van der Waals surface area (Å²) < 4.78 is 0. The lowest BCUT2D eigenvalue weighted by molar-refractivity contribution is 1.08. The molecule has 2 aromatic heterocycles. The molecule has 0 atom stereocenters. The van der Waals surface area contributed by atoms with Gasteiger partial charge in [0.2, 0.25) is 0 Å². The quantitative estimate of drug-likeness (QED) is 0.777. The highest BCUT2D eigenvalue weighted by molar-refractivity contribution is 7.13. The third-order valence-corrected chi connectivity index (χ3v) is 3.03. The fourth-order valence-electron chi connectivity index (χ4n) is 1.17. The van der Waals surface area contributed by atoms with E-state index in [4.69, 9.17) is 5.73 Å². The minimum Gasteiger partial charge on any atom is -0.383 e. The van der Waals surface area contributed by atoms with Crippen LogP contribution >= 0.6 is 11.3 Å². The fraction of sp³-hybridized carbons (Fsp3) is 0.200. The van der Waals surface area contributed by atoms with Gasteiger partial charge in [-0.2, -0.15) is 0 Å². The van der Waals surface area contributed by atoms with Gasteiger partial charge in [0.05, 0.1) is 4.88 Å². The van der Waals surface area contributed by atoms with E-state index in [1.807, 2.05) is 31.4 Å². The van der Waals surface area contributed by atoms with Crippen LogP contribution in [0.1, 0.15) is 11.3 Å². The summed E-state index contributed by atoms with van der Waals surface area (Å²) in [6, 6.07) is 3.98. The molecule has 0 spiro atoms. The van der Waals surface area contributed by atoms with E-state index in [0.29, 0.717) is 5.82 Å². The summed E-state index contributed by atoms with van der Waals surface area (Å²) in [4.78, 5) is 9.70. The molecule has 0 saturated carbocycles. The van der Waals surface area contributed by atoms with E-state index in [9.17, 15) is 0 Å². The number of nitrogen functional groups attached to an aromatic ring is 1. The van der Waals surface area contributed by atoms with Crippen LogP contribution in [0.2, 0.25) is 0 Å². The zero-order valence-electron chi connectivity index (χ0n) is 8.11.